The van der Waals surface area contributed by atoms with Gasteiger partial charge < -0.3 is 10.2 Å². The van der Waals surface area contributed by atoms with E-state index in [-0.39, 0.29) is 0 Å². The Bertz CT molecular complexity index is 389. The smallest absolute Gasteiger partial charge is 0.0445 e. The van der Waals surface area contributed by atoms with Crippen LogP contribution in [-0.4, -0.2) is 25.1 Å². The molecular weight excluding hydrogens is 222 g/mol. The van der Waals surface area contributed by atoms with Gasteiger partial charge in [-0.2, -0.15) is 0 Å². The summed E-state index contributed by atoms with van der Waals surface area (Å²) in [5.74, 6) is 0.866. The van der Waals surface area contributed by atoms with Crippen LogP contribution in [0.15, 0.2) is 12.3 Å². The lowest BCUT2D eigenvalue weighted by Gasteiger charge is -2.25. The Kier molecular flexibility index (Phi) is 4.59. The first kappa shape index (κ1) is 13.3. The van der Waals surface area contributed by atoms with Crippen LogP contribution in [0.1, 0.15) is 37.4 Å². The summed E-state index contributed by atoms with van der Waals surface area (Å²) >= 11 is 0. The maximum atomic E-state index is 4.42. The van der Waals surface area contributed by atoms with Crippen molar-refractivity contribution >= 4 is 5.69 Å². The zero-order valence-corrected chi connectivity index (χ0v) is 11.9. The van der Waals surface area contributed by atoms with Gasteiger partial charge in [-0.1, -0.05) is 6.92 Å². The second-order valence-electron chi connectivity index (χ2n) is 5.51. The van der Waals surface area contributed by atoms with Crippen molar-refractivity contribution in [2.75, 3.05) is 25.0 Å². The van der Waals surface area contributed by atoms with Gasteiger partial charge in [0.25, 0.3) is 0 Å². The Labute approximate surface area is 111 Å². The average Bonchev–Trinajstić information content (AvgIpc) is 2.57. The van der Waals surface area contributed by atoms with E-state index in [4.69, 9.17) is 0 Å². The molecule has 3 nitrogen and oxygen atoms in total. The first-order valence-electron chi connectivity index (χ1n) is 7.05. The van der Waals surface area contributed by atoms with Crippen molar-refractivity contribution in [3.63, 3.8) is 0 Å². The van der Waals surface area contributed by atoms with E-state index < -0.39 is 0 Å². The van der Waals surface area contributed by atoms with Gasteiger partial charge in [0.05, 0.1) is 0 Å². The fraction of sp³-hybridized carbons (Fsp3) is 0.667. The Morgan fingerprint density at radius 3 is 3.00 bits per heavy atom. The number of rotatable bonds is 3. The molecule has 2 heterocycles. The van der Waals surface area contributed by atoms with Crippen LogP contribution >= 0.6 is 0 Å². The lowest BCUT2D eigenvalue weighted by molar-refractivity contribution is 0.521. The van der Waals surface area contributed by atoms with Crippen LogP contribution in [0.4, 0.5) is 5.69 Å². The van der Waals surface area contributed by atoms with E-state index in [0.29, 0.717) is 0 Å². The second kappa shape index (κ2) is 6.19. The van der Waals surface area contributed by atoms with E-state index in [2.05, 4.69) is 35.1 Å². The topological polar surface area (TPSA) is 28.2 Å². The third-order valence-electron chi connectivity index (χ3n) is 3.82. The first-order chi connectivity index (χ1) is 8.70. The number of aryl methyl sites for hydroxylation is 1. The van der Waals surface area contributed by atoms with Crippen LogP contribution in [-0.2, 0) is 6.54 Å². The Hall–Kier alpha value is -1.09. The molecular formula is C15H25N3. The van der Waals surface area contributed by atoms with Crippen LogP contribution in [0.25, 0.3) is 0 Å². The fourth-order valence-electron chi connectivity index (χ4n) is 2.70. The van der Waals surface area contributed by atoms with Crippen LogP contribution in [0.2, 0.25) is 0 Å². The number of hydrogen-bond acceptors (Lipinski definition) is 3. The molecule has 3 heteroatoms. The third kappa shape index (κ3) is 3.22. The van der Waals surface area contributed by atoms with Crippen LogP contribution in [0.3, 0.4) is 0 Å². The summed E-state index contributed by atoms with van der Waals surface area (Å²) in [5.41, 5.74) is 3.81. The molecule has 1 fully saturated rings. The number of pyridine rings is 1. The maximum absolute atomic E-state index is 4.42. The highest BCUT2D eigenvalue weighted by molar-refractivity contribution is 5.53. The molecule has 1 atom stereocenters. The monoisotopic (exact) mass is 247 g/mol. The van der Waals surface area contributed by atoms with E-state index in [1.165, 1.54) is 43.6 Å². The maximum Gasteiger partial charge on any atom is 0.0445 e. The lowest BCUT2D eigenvalue weighted by Crippen LogP contribution is -2.26. The molecule has 1 aliphatic rings. The first-order valence-corrected chi connectivity index (χ1v) is 7.05. The van der Waals surface area contributed by atoms with Crippen molar-refractivity contribution < 1.29 is 0 Å². The van der Waals surface area contributed by atoms with Crippen molar-refractivity contribution in [1.82, 2.24) is 10.3 Å². The summed E-state index contributed by atoms with van der Waals surface area (Å²) in [6, 6.07) is 2.24. The summed E-state index contributed by atoms with van der Waals surface area (Å²) in [6.07, 6.45) is 6.00. The highest BCUT2D eigenvalue weighted by atomic mass is 15.1. The number of nitrogens with zero attached hydrogens (tertiary/aromatic N) is 2. The zero-order valence-electron chi connectivity index (χ0n) is 11.9. The molecule has 0 radical (unpaired) electrons. The third-order valence-corrected chi connectivity index (χ3v) is 3.82. The molecule has 1 N–H and O–H groups in total. The van der Waals surface area contributed by atoms with Crippen LogP contribution in [0, 0.1) is 12.8 Å². The van der Waals surface area contributed by atoms with E-state index >= 15 is 0 Å². The van der Waals surface area contributed by atoms with Gasteiger partial charge in [-0.3, -0.25) is 4.98 Å². The SMILES string of the molecule is CNCc1cnc(C)cc1N1CCCC(C)CC1. The predicted octanol–water partition coefficient (Wildman–Crippen LogP) is 2.74. The Morgan fingerprint density at radius 1 is 1.39 bits per heavy atom. The van der Waals surface area contributed by atoms with Gasteiger partial charge >= 0.3 is 0 Å². The highest BCUT2D eigenvalue weighted by Gasteiger charge is 2.16. The second-order valence-corrected chi connectivity index (χ2v) is 5.51. The molecule has 1 aromatic heterocycles. The van der Waals surface area contributed by atoms with Gasteiger partial charge in [0.2, 0.25) is 0 Å². The molecule has 1 aliphatic heterocycles. The molecule has 2 rings (SSSR count). The van der Waals surface area contributed by atoms with Crippen molar-refractivity contribution in [2.24, 2.45) is 5.92 Å². The summed E-state index contributed by atoms with van der Waals surface area (Å²) < 4.78 is 0. The number of aromatic nitrogens is 1. The minimum absolute atomic E-state index is 0.866. The van der Waals surface area contributed by atoms with Gasteiger partial charge in [-0.15, -0.1) is 0 Å². The van der Waals surface area contributed by atoms with E-state index in [1.54, 1.807) is 0 Å². The highest BCUT2D eigenvalue weighted by Crippen LogP contribution is 2.25. The zero-order chi connectivity index (χ0) is 13.0. The average molecular weight is 247 g/mol. The number of nitrogens with one attached hydrogen (secondary N) is 1. The van der Waals surface area contributed by atoms with Gasteiger partial charge in [-0.25, -0.2) is 0 Å². The number of anilines is 1. The molecule has 0 aromatic carbocycles. The number of hydrogen-bond donors (Lipinski definition) is 1. The molecule has 18 heavy (non-hydrogen) atoms. The van der Waals surface area contributed by atoms with E-state index in [0.717, 1.165) is 18.2 Å². The standard InChI is InChI=1S/C15H25N3/c1-12-5-4-7-18(8-6-12)15-9-13(2)17-11-14(15)10-16-3/h9,11-12,16H,4-8,10H2,1-3H3. The summed E-state index contributed by atoms with van der Waals surface area (Å²) in [4.78, 5) is 6.97. The molecule has 1 saturated heterocycles. The molecule has 0 amide bonds. The van der Waals surface area contributed by atoms with Crippen molar-refractivity contribution in [1.29, 1.82) is 0 Å². The van der Waals surface area contributed by atoms with E-state index in [1.807, 2.05) is 13.2 Å². The molecule has 0 spiro atoms. The molecule has 100 valence electrons. The van der Waals surface area contributed by atoms with Crippen LogP contribution in [0.5, 0.6) is 0 Å². The quantitative estimate of drug-likeness (QED) is 0.890. The summed E-state index contributed by atoms with van der Waals surface area (Å²) in [7, 11) is 1.99. The molecule has 0 bridgehead atoms. The molecule has 0 saturated carbocycles. The van der Waals surface area contributed by atoms with Crippen molar-refractivity contribution in [3.8, 4) is 0 Å². The Morgan fingerprint density at radius 2 is 2.22 bits per heavy atom. The van der Waals surface area contributed by atoms with Gasteiger partial charge in [0.1, 0.15) is 0 Å². The summed E-state index contributed by atoms with van der Waals surface area (Å²) in [5, 5.41) is 3.24. The molecule has 1 unspecified atom stereocenters. The van der Waals surface area contributed by atoms with Gasteiger partial charge in [0.15, 0.2) is 0 Å². The fourth-order valence-corrected chi connectivity index (χ4v) is 2.70. The van der Waals surface area contributed by atoms with E-state index in [9.17, 15) is 0 Å². The minimum atomic E-state index is 0.866. The molecule has 0 aliphatic carbocycles. The van der Waals surface area contributed by atoms with Crippen LogP contribution < -0.4 is 10.2 Å². The normalized spacial score (nSPS) is 20.8. The van der Waals surface area contributed by atoms with Gasteiger partial charge in [0, 0.05) is 42.8 Å². The minimum Gasteiger partial charge on any atom is -0.371 e. The molecule has 1 aromatic rings. The van der Waals surface area contributed by atoms with Gasteiger partial charge in [-0.05, 0) is 45.2 Å². The lowest BCUT2D eigenvalue weighted by atomic mass is 10.0. The van der Waals surface area contributed by atoms with Crippen molar-refractivity contribution in [3.05, 3.63) is 23.5 Å². The predicted molar refractivity (Wildman–Crippen MR) is 77.0 cm³/mol. The largest absolute Gasteiger partial charge is 0.371 e. The Balaban J connectivity index is 2.21. The summed E-state index contributed by atoms with van der Waals surface area (Å²) in [6.45, 7) is 7.71. The van der Waals surface area contributed by atoms with Crippen molar-refractivity contribution in [2.45, 2.75) is 39.7 Å².